The number of nitrogens with one attached hydrogen (secondary N) is 1. The summed E-state index contributed by atoms with van der Waals surface area (Å²) in [5.74, 6) is 0.843. The van der Waals surface area contributed by atoms with Crippen molar-refractivity contribution in [2.75, 3.05) is 40.6 Å². The van der Waals surface area contributed by atoms with Crippen LogP contribution in [0.1, 0.15) is 11.4 Å². The molecule has 1 N–H and O–H groups in total. The molecule has 1 heterocycles. The highest BCUT2D eigenvalue weighted by Crippen LogP contribution is 2.12. The van der Waals surface area contributed by atoms with Crippen LogP contribution in [0, 0.1) is 6.92 Å². The molecule has 5 heteroatoms. The summed E-state index contributed by atoms with van der Waals surface area (Å²) in [6.07, 6.45) is 0. The maximum Gasteiger partial charge on any atom is 0.122 e. The first kappa shape index (κ1) is 14.9. The van der Waals surface area contributed by atoms with Crippen LogP contribution in [-0.2, 0) is 16.0 Å². The van der Waals surface area contributed by atoms with Crippen molar-refractivity contribution in [3.63, 3.8) is 0 Å². The first-order valence-corrected chi connectivity index (χ1v) is 6.05. The summed E-state index contributed by atoms with van der Waals surface area (Å²) in [6.45, 7) is 5.41. The minimum Gasteiger partial charge on any atom is -0.497 e. The van der Waals surface area contributed by atoms with E-state index < -0.39 is 0 Å². The Morgan fingerprint density at radius 3 is 2.72 bits per heavy atom. The maximum absolute atomic E-state index is 5.35. The molecular formula is C13H22N2O3. The van der Waals surface area contributed by atoms with Crippen LogP contribution in [0.25, 0.3) is 0 Å². The molecule has 1 rings (SSSR count). The lowest BCUT2D eigenvalue weighted by Gasteiger charge is -2.08. The highest BCUT2D eigenvalue weighted by Gasteiger charge is 2.00. The van der Waals surface area contributed by atoms with E-state index in [9.17, 15) is 0 Å². The Labute approximate surface area is 108 Å². The van der Waals surface area contributed by atoms with Gasteiger partial charge >= 0.3 is 0 Å². The molecule has 0 saturated heterocycles. The van der Waals surface area contributed by atoms with Gasteiger partial charge in [-0.1, -0.05) is 0 Å². The second-order valence-corrected chi connectivity index (χ2v) is 3.92. The molecule has 1 aromatic heterocycles. The topological polar surface area (TPSA) is 52.6 Å². The van der Waals surface area contributed by atoms with Crippen LogP contribution in [0.3, 0.4) is 0 Å². The van der Waals surface area contributed by atoms with Crippen molar-refractivity contribution in [2.24, 2.45) is 0 Å². The fourth-order valence-corrected chi connectivity index (χ4v) is 1.52. The second kappa shape index (κ2) is 8.85. The average Bonchev–Trinajstić information content (AvgIpc) is 2.37. The Bertz CT molecular complexity index is 345. The lowest BCUT2D eigenvalue weighted by atomic mass is 10.3. The number of aromatic nitrogens is 1. The van der Waals surface area contributed by atoms with Crippen LogP contribution in [0.5, 0.6) is 5.75 Å². The molecule has 0 bridgehead atoms. The molecule has 0 saturated carbocycles. The Kier molecular flexibility index (Phi) is 7.32. The average molecular weight is 254 g/mol. The number of pyridine rings is 1. The summed E-state index contributed by atoms with van der Waals surface area (Å²) in [5.41, 5.74) is 1.94. The zero-order valence-corrected chi connectivity index (χ0v) is 11.4. The predicted octanol–water partition coefficient (Wildman–Crippen LogP) is 1.15. The van der Waals surface area contributed by atoms with Crippen LogP contribution < -0.4 is 10.1 Å². The Morgan fingerprint density at radius 1 is 1.17 bits per heavy atom. The normalized spacial score (nSPS) is 10.6. The Hall–Kier alpha value is -1.17. The molecule has 5 nitrogen and oxygen atoms in total. The lowest BCUT2D eigenvalue weighted by molar-refractivity contribution is 0.0719. The van der Waals surface area contributed by atoms with E-state index in [1.54, 1.807) is 14.2 Å². The lowest BCUT2D eigenvalue weighted by Crippen LogP contribution is -2.20. The van der Waals surface area contributed by atoms with Gasteiger partial charge in [0.15, 0.2) is 0 Å². The van der Waals surface area contributed by atoms with Gasteiger partial charge in [-0.15, -0.1) is 0 Å². The van der Waals surface area contributed by atoms with E-state index in [0.717, 1.165) is 23.7 Å². The third kappa shape index (κ3) is 5.95. The van der Waals surface area contributed by atoms with E-state index >= 15 is 0 Å². The highest BCUT2D eigenvalue weighted by atomic mass is 16.5. The van der Waals surface area contributed by atoms with Crippen LogP contribution in [0.4, 0.5) is 0 Å². The first-order valence-electron chi connectivity index (χ1n) is 6.05. The van der Waals surface area contributed by atoms with Gasteiger partial charge in [-0.25, -0.2) is 0 Å². The smallest absolute Gasteiger partial charge is 0.122 e. The maximum atomic E-state index is 5.35. The SMILES string of the molecule is COCCOCCNCc1cc(OC)cc(C)n1. The number of rotatable bonds is 9. The monoisotopic (exact) mass is 254 g/mol. The number of hydrogen-bond acceptors (Lipinski definition) is 5. The van der Waals surface area contributed by atoms with E-state index in [4.69, 9.17) is 14.2 Å². The number of methoxy groups -OCH3 is 2. The Morgan fingerprint density at radius 2 is 2.00 bits per heavy atom. The molecule has 0 amide bonds. The summed E-state index contributed by atoms with van der Waals surface area (Å²) in [7, 11) is 3.33. The van der Waals surface area contributed by atoms with Crippen LogP contribution in [0.15, 0.2) is 12.1 Å². The van der Waals surface area contributed by atoms with Crippen molar-refractivity contribution >= 4 is 0 Å². The van der Waals surface area contributed by atoms with Crippen molar-refractivity contribution in [1.82, 2.24) is 10.3 Å². The molecule has 0 aliphatic rings. The van der Waals surface area contributed by atoms with Gasteiger partial charge in [0.25, 0.3) is 0 Å². The summed E-state index contributed by atoms with van der Waals surface area (Å²) < 4.78 is 15.4. The minimum atomic E-state index is 0.634. The Balaban J connectivity index is 2.20. The molecule has 0 spiro atoms. The summed E-state index contributed by atoms with van der Waals surface area (Å²) in [5, 5.41) is 3.27. The van der Waals surface area contributed by atoms with E-state index in [0.29, 0.717) is 26.4 Å². The molecule has 0 fully saturated rings. The molecule has 102 valence electrons. The number of aryl methyl sites for hydroxylation is 1. The fourth-order valence-electron chi connectivity index (χ4n) is 1.52. The van der Waals surface area contributed by atoms with Crippen LogP contribution >= 0.6 is 0 Å². The number of nitrogens with zero attached hydrogens (tertiary/aromatic N) is 1. The quantitative estimate of drug-likeness (QED) is 0.670. The van der Waals surface area contributed by atoms with E-state index in [1.165, 1.54) is 0 Å². The van der Waals surface area contributed by atoms with Gasteiger partial charge < -0.3 is 19.5 Å². The highest BCUT2D eigenvalue weighted by molar-refractivity contribution is 5.26. The summed E-state index contributed by atoms with van der Waals surface area (Å²) in [6, 6.07) is 3.85. The van der Waals surface area contributed by atoms with Crippen molar-refractivity contribution < 1.29 is 14.2 Å². The fraction of sp³-hybridized carbons (Fsp3) is 0.615. The van der Waals surface area contributed by atoms with Gasteiger partial charge in [-0.3, -0.25) is 4.98 Å². The molecule has 18 heavy (non-hydrogen) atoms. The van der Waals surface area contributed by atoms with E-state index in [2.05, 4.69) is 10.3 Å². The number of ether oxygens (including phenoxy) is 3. The third-order valence-electron chi connectivity index (χ3n) is 2.38. The molecule has 0 aromatic carbocycles. The molecule has 0 atom stereocenters. The van der Waals surface area contributed by atoms with Gasteiger partial charge in [0.2, 0.25) is 0 Å². The standard InChI is InChI=1S/C13H22N2O3/c1-11-8-13(17-3)9-12(15-11)10-14-4-5-18-7-6-16-2/h8-9,14H,4-7,10H2,1-3H3. The third-order valence-corrected chi connectivity index (χ3v) is 2.38. The van der Waals surface area contributed by atoms with Crippen molar-refractivity contribution in [3.8, 4) is 5.75 Å². The molecule has 0 radical (unpaired) electrons. The van der Waals surface area contributed by atoms with Gasteiger partial charge in [-0.05, 0) is 6.92 Å². The summed E-state index contributed by atoms with van der Waals surface area (Å²) in [4.78, 5) is 4.43. The van der Waals surface area contributed by atoms with Gasteiger partial charge in [-0.2, -0.15) is 0 Å². The molecular weight excluding hydrogens is 232 g/mol. The largest absolute Gasteiger partial charge is 0.497 e. The van der Waals surface area contributed by atoms with Gasteiger partial charge in [0.1, 0.15) is 5.75 Å². The van der Waals surface area contributed by atoms with Crippen molar-refractivity contribution in [1.29, 1.82) is 0 Å². The zero-order valence-electron chi connectivity index (χ0n) is 11.4. The summed E-state index contributed by atoms with van der Waals surface area (Å²) >= 11 is 0. The van der Waals surface area contributed by atoms with E-state index in [-0.39, 0.29) is 0 Å². The predicted molar refractivity (Wildman–Crippen MR) is 69.9 cm³/mol. The zero-order chi connectivity index (χ0) is 13.2. The molecule has 1 aromatic rings. The molecule has 0 unspecified atom stereocenters. The van der Waals surface area contributed by atoms with Crippen LogP contribution in [0.2, 0.25) is 0 Å². The molecule has 0 aliphatic carbocycles. The number of hydrogen-bond donors (Lipinski definition) is 1. The first-order chi connectivity index (χ1) is 8.76. The minimum absolute atomic E-state index is 0.634. The van der Waals surface area contributed by atoms with E-state index in [1.807, 2.05) is 19.1 Å². The molecule has 0 aliphatic heterocycles. The van der Waals surface area contributed by atoms with Crippen molar-refractivity contribution in [3.05, 3.63) is 23.5 Å². The van der Waals surface area contributed by atoms with Crippen LogP contribution in [-0.4, -0.2) is 45.6 Å². The van der Waals surface area contributed by atoms with Gasteiger partial charge in [0.05, 0.1) is 32.6 Å². The van der Waals surface area contributed by atoms with Gasteiger partial charge in [0, 0.05) is 38.0 Å². The second-order valence-electron chi connectivity index (χ2n) is 3.92. The van der Waals surface area contributed by atoms with Crippen molar-refractivity contribution in [2.45, 2.75) is 13.5 Å².